The summed E-state index contributed by atoms with van der Waals surface area (Å²) >= 11 is 0. The number of amides is 2. The lowest BCUT2D eigenvalue weighted by atomic mass is 10.1. The molecule has 0 saturated heterocycles. The van der Waals surface area contributed by atoms with E-state index in [0.717, 1.165) is 47.4 Å². The third-order valence-electron chi connectivity index (χ3n) is 6.72. The van der Waals surface area contributed by atoms with Crippen LogP contribution in [0.4, 0.5) is 5.69 Å². The molecule has 1 aliphatic carbocycles. The van der Waals surface area contributed by atoms with Crippen molar-refractivity contribution in [2.45, 2.75) is 64.6 Å². The number of nitrogens with one attached hydrogen (secondary N) is 1. The van der Waals surface area contributed by atoms with Gasteiger partial charge in [-0.15, -0.1) is 0 Å². The number of sulfonamides is 1. The van der Waals surface area contributed by atoms with E-state index in [9.17, 15) is 18.0 Å². The fraction of sp³-hybridized carbons (Fsp3) is 0.481. The number of hydrogen-bond acceptors (Lipinski definition) is 5. The molecule has 1 aliphatic rings. The molecule has 1 fully saturated rings. The highest BCUT2D eigenvalue weighted by Gasteiger charge is 2.33. The van der Waals surface area contributed by atoms with Crippen LogP contribution in [0.3, 0.4) is 0 Å². The lowest BCUT2D eigenvalue weighted by Crippen LogP contribution is -2.53. The molecule has 0 unspecified atom stereocenters. The zero-order valence-electron chi connectivity index (χ0n) is 21.6. The van der Waals surface area contributed by atoms with Crippen molar-refractivity contribution in [3.8, 4) is 5.75 Å². The fourth-order valence-corrected chi connectivity index (χ4v) is 5.54. The fourth-order valence-electron chi connectivity index (χ4n) is 4.69. The monoisotopic (exact) mass is 515 g/mol. The number of hydrogen-bond donors (Lipinski definition) is 1. The van der Waals surface area contributed by atoms with E-state index in [-0.39, 0.29) is 24.2 Å². The average Bonchev–Trinajstić information content (AvgIpc) is 3.35. The number of para-hydroxylation sites is 2. The van der Waals surface area contributed by atoms with Crippen molar-refractivity contribution in [3.05, 3.63) is 59.7 Å². The number of aryl methyl sites for hydroxylation is 1. The minimum atomic E-state index is -3.83. The largest absolute Gasteiger partial charge is 0.495 e. The molecule has 1 saturated carbocycles. The van der Waals surface area contributed by atoms with Crippen molar-refractivity contribution >= 4 is 27.5 Å². The van der Waals surface area contributed by atoms with Crippen molar-refractivity contribution in [3.63, 3.8) is 0 Å². The molecule has 2 aromatic carbocycles. The van der Waals surface area contributed by atoms with Crippen molar-refractivity contribution < 1.29 is 22.7 Å². The summed E-state index contributed by atoms with van der Waals surface area (Å²) in [6.45, 7) is 3.57. The van der Waals surface area contributed by atoms with Gasteiger partial charge in [-0.3, -0.25) is 13.9 Å². The molecule has 2 aromatic rings. The summed E-state index contributed by atoms with van der Waals surface area (Å²) in [7, 11) is -2.38. The average molecular weight is 516 g/mol. The van der Waals surface area contributed by atoms with Crippen LogP contribution < -0.4 is 14.4 Å². The van der Waals surface area contributed by atoms with Gasteiger partial charge in [0.2, 0.25) is 21.8 Å². The summed E-state index contributed by atoms with van der Waals surface area (Å²) in [6.07, 6.45) is 5.49. The second kappa shape index (κ2) is 12.3. The lowest BCUT2D eigenvalue weighted by molar-refractivity contribution is -0.140. The highest BCUT2D eigenvalue weighted by Crippen LogP contribution is 2.30. The Bertz CT molecular complexity index is 1160. The summed E-state index contributed by atoms with van der Waals surface area (Å²) in [5.74, 6) is -0.315. The number of anilines is 1. The van der Waals surface area contributed by atoms with Crippen LogP contribution in [-0.2, 0) is 26.2 Å². The summed E-state index contributed by atoms with van der Waals surface area (Å²) in [4.78, 5) is 28.7. The topological polar surface area (TPSA) is 96.0 Å². The Balaban J connectivity index is 1.96. The van der Waals surface area contributed by atoms with Crippen LogP contribution in [0, 0.1) is 6.92 Å². The minimum absolute atomic E-state index is 0.114. The van der Waals surface area contributed by atoms with Gasteiger partial charge in [-0.2, -0.15) is 0 Å². The van der Waals surface area contributed by atoms with Crippen molar-refractivity contribution in [1.82, 2.24) is 10.2 Å². The maximum Gasteiger partial charge on any atom is 0.244 e. The Morgan fingerprint density at radius 2 is 1.72 bits per heavy atom. The van der Waals surface area contributed by atoms with Crippen LogP contribution in [-0.4, -0.2) is 57.1 Å². The second-order valence-corrected chi connectivity index (χ2v) is 11.2. The standard InChI is InChI=1S/C27H37N3O5S/c1-5-23(27(32)28-22-14-8-9-15-22)29(18-21-13-7-6-12-20(21)2)26(31)19-30(36(4,33)34)24-16-10-11-17-25(24)35-3/h6-7,10-13,16-17,22-23H,5,8-9,14-15,18-19H2,1-4H3,(H,28,32)/t23-/m0/s1. The van der Waals surface area contributed by atoms with Crippen LogP contribution in [0.1, 0.15) is 50.2 Å². The third-order valence-corrected chi connectivity index (χ3v) is 7.85. The van der Waals surface area contributed by atoms with Gasteiger partial charge in [0.05, 0.1) is 19.1 Å². The van der Waals surface area contributed by atoms with E-state index in [4.69, 9.17) is 4.74 Å². The maximum absolute atomic E-state index is 13.8. The molecule has 0 aromatic heterocycles. The molecule has 0 bridgehead atoms. The maximum atomic E-state index is 13.8. The Morgan fingerprint density at radius 1 is 1.08 bits per heavy atom. The van der Waals surface area contributed by atoms with Gasteiger partial charge in [0.15, 0.2) is 0 Å². The highest BCUT2D eigenvalue weighted by atomic mass is 32.2. The van der Waals surface area contributed by atoms with E-state index >= 15 is 0 Å². The number of carbonyl (C=O) groups is 2. The Kier molecular flexibility index (Phi) is 9.37. The normalized spacial score (nSPS) is 14.8. The number of methoxy groups -OCH3 is 1. The second-order valence-electron chi connectivity index (χ2n) is 9.30. The zero-order valence-corrected chi connectivity index (χ0v) is 22.4. The number of rotatable bonds is 11. The molecule has 3 rings (SSSR count). The van der Waals surface area contributed by atoms with Crippen molar-refractivity contribution in [1.29, 1.82) is 0 Å². The molecule has 0 aliphatic heterocycles. The van der Waals surface area contributed by atoms with Gasteiger partial charge in [-0.25, -0.2) is 8.42 Å². The summed E-state index contributed by atoms with van der Waals surface area (Å²) in [5, 5.41) is 3.11. The van der Waals surface area contributed by atoms with Gasteiger partial charge in [0, 0.05) is 12.6 Å². The van der Waals surface area contributed by atoms with E-state index in [1.807, 2.05) is 38.1 Å². The quantitative estimate of drug-likeness (QED) is 0.493. The summed E-state index contributed by atoms with van der Waals surface area (Å²) in [6, 6.07) is 13.7. The molecule has 36 heavy (non-hydrogen) atoms. The molecular weight excluding hydrogens is 478 g/mol. The highest BCUT2D eigenvalue weighted by molar-refractivity contribution is 7.92. The first kappa shape index (κ1) is 27.5. The van der Waals surface area contributed by atoms with Gasteiger partial charge in [-0.05, 0) is 49.4 Å². The van der Waals surface area contributed by atoms with Crippen molar-refractivity contribution in [2.75, 3.05) is 24.2 Å². The van der Waals surface area contributed by atoms with E-state index in [0.29, 0.717) is 12.2 Å². The SMILES string of the molecule is CC[C@@H](C(=O)NC1CCCC1)N(Cc1ccccc1C)C(=O)CN(c1ccccc1OC)S(C)(=O)=O. The predicted octanol–water partition coefficient (Wildman–Crippen LogP) is 3.64. The van der Waals surface area contributed by atoms with Crippen LogP contribution >= 0.6 is 0 Å². The van der Waals surface area contributed by atoms with Gasteiger partial charge in [0.1, 0.15) is 18.3 Å². The first-order valence-electron chi connectivity index (χ1n) is 12.4. The molecule has 9 heteroatoms. The van der Waals surface area contributed by atoms with Crippen LogP contribution in [0.2, 0.25) is 0 Å². The van der Waals surface area contributed by atoms with Crippen molar-refractivity contribution in [2.24, 2.45) is 0 Å². The molecule has 8 nitrogen and oxygen atoms in total. The third kappa shape index (κ3) is 6.78. The molecule has 1 atom stereocenters. The molecule has 1 N–H and O–H groups in total. The van der Waals surface area contributed by atoms with E-state index in [1.165, 1.54) is 12.0 Å². The summed E-state index contributed by atoms with van der Waals surface area (Å²) in [5.41, 5.74) is 2.17. The minimum Gasteiger partial charge on any atom is -0.495 e. The van der Waals surface area contributed by atoms with Gasteiger partial charge < -0.3 is 15.0 Å². The molecule has 196 valence electrons. The molecule has 0 radical (unpaired) electrons. The molecular formula is C27H37N3O5S. The first-order chi connectivity index (χ1) is 17.2. The Morgan fingerprint density at radius 3 is 2.33 bits per heavy atom. The molecule has 0 heterocycles. The number of ether oxygens (including phenoxy) is 1. The zero-order chi connectivity index (χ0) is 26.3. The van der Waals surface area contributed by atoms with Crippen LogP contribution in [0.25, 0.3) is 0 Å². The van der Waals surface area contributed by atoms with E-state index < -0.39 is 28.5 Å². The van der Waals surface area contributed by atoms with Crippen LogP contribution in [0.5, 0.6) is 5.75 Å². The number of nitrogens with zero attached hydrogens (tertiary/aromatic N) is 2. The molecule has 0 spiro atoms. The first-order valence-corrected chi connectivity index (χ1v) is 14.3. The molecule has 2 amide bonds. The van der Waals surface area contributed by atoms with Gasteiger partial charge in [0.25, 0.3) is 0 Å². The van der Waals surface area contributed by atoms with E-state index in [2.05, 4.69) is 5.32 Å². The van der Waals surface area contributed by atoms with Gasteiger partial charge >= 0.3 is 0 Å². The predicted molar refractivity (Wildman–Crippen MR) is 141 cm³/mol. The Hall–Kier alpha value is -3.07. The lowest BCUT2D eigenvalue weighted by Gasteiger charge is -2.34. The van der Waals surface area contributed by atoms with E-state index in [1.54, 1.807) is 24.3 Å². The smallest absolute Gasteiger partial charge is 0.244 e. The van der Waals surface area contributed by atoms with Gasteiger partial charge in [-0.1, -0.05) is 56.2 Å². The van der Waals surface area contributed by atoms with Crippen LogP contribution in [0.15, 0.2) is 48.5 Å². The Labute approximate surface area is 214 Å². The summed E-state index contributed by atoms with van der Waals surface area (Å²) < 4.78 is 32.0. The number of carbonyl (C=O) groups excluding carboxylic acids is 2. The number of benzene rings is 2.